The standard InChI is InChI=1S/C19H22N2O3/c1-4-14-8-5-6-10-17(14)21-18(22)12-20-16-11-7-9-15(13(16)2)19(23)24-3/h5-11,20H,4,12H2,1-3H3,(H,21,22). The zero-order valence-electron chi connectivity index (χ0n) is 14.2. The minimum atomic E-state index is -0.391. The van der Waals surface area contributed by atoms with Crippen LogP contribution in [0.4, 0.5) is 11.4 Å². The largest absolute Gasteiger partial charge is 0.465 e. The number of aryl methyl sites for hydroxylation is 1. The van der Waals surface area contributed by atoms with E-state index in [1.807, 2.05) is 44.2 Å². The third-order valence-corrected chi connectivity index (χ3v) is 3.85. The molecule has 126 valence electrons. The van der Waals surface area contributed by atoms with Gasteiger partial charge in [-0.3, -0.25) is 4.79 Å². The summed E-state index contributed by atoms with van der Waals surface area (Å²) >= 11 is 0. The van der Waals surface area contributed by atoms with Crippen molar-refractivity contribution >= 4 is 23.3 Å². The minimum Gasteiger partial charge on any atom is -0.465 e. The summed E-state index contributed by atoms with van der Waals surface area (Å²) < 4.78 is 4.76. The summed E-state index contributed by atoms with van der Waals surface area (Å²) in [5.74, 6) is -0.531. The predicted molar refractivity (Wildman–Crippen MR) is 95.5 cm³/mol. The Hall–Kier alpha value is -2.82. The zero-order chi connectivity index (χ0) is 17.5. The van der Waals surface area contributed by atoms with Crippen molar-refractivity contribution in [2.24, 2.45) is 0 Å². The second-order valence-electron chi connectivity index (χ2n) is 5.38. The number of hydrogen-bond donors (Lipinski definition) is 2. The SMILES string of the molecule is CCc1ccccc1NC(=O)CNc1cccc(C(=O)OC)c1C. The van der Waals surface area contributed by atoms with Gasteiger partial charge in [0.1, 0.15) is 0 Å². The van der Waals surface area contributed by atoms with Crippen molar-refractivity contribution < 1.29 is 14.3 Å². The topological polar surface area (TPSA) is 67.4 Å². The van der Waals surface area contributed by atoms with E-state index in [1.54, 1.807) is 12.1 Å². The molecule has 2 N–H and O–H groups in total. The van der Waals surface area contributed by atoms with E-state index in [1.165, 1.54) is 7.11 Å². The number of methoxy groups -OCH3 is 1. The molecular weight excluding hydrogens is 304 g/mol. The van der Waals surface area contributed by atoms with E-state index >= 15 is 0 Å². The van der Waals surface area contributed by atoms with Crippen molar-refractivity contribution in [3.8, 4) is 0 Å². The van der Waals surface area contributed by atoms with Crippen LogP contribution in [-0.2, 0) is 16.0 Å². The highest BCUT2D eigenvalue weighted by Gasteiger charge is 2.12. The van der Waals surface area contributed by atoms with Crippen molar-refractivity contribution in [1.29, 1.82) is 0 Å². The molecule has 0 fully saturated rings. The Kier molecular flexibility index (Phi) is 5.95. The summed E-state index contributed by atoms with van der Waals surface area (Å²) in [6.07, 6.45) is 0.851. The lowest BCUT2D eigenvalue weighted by molar-refractivity contribution is -0.114. The molecule has 0 aliphatic carbocycles. The van der Waals surface area contributed by atoms with Crippen molar-refractivity contribution in [3.63, 3.8) is 0 Å². The van der Waals surface area contributed by atoms with E-state index in [0.717, 1.165) is 28.9 Å². The van der Waals surface area contributed by atoms with Crippen LogP contribution in [0, 0.1) is 6.92 Å². The van der Waals surface area contributed by atoms with E-state index in [-0.39, 0.29) is 12.5 Å². The van der Waals surface area contributed by atoms with E-state index in [9.17, 15) is 9.59 Å². The molecule has 2 aromatic carbocycles. The van der Waals surface area contributed by atoms with Gasteiger partial charge in [0.05, 0.1) is 19.2 Å². The smallest absolute Gasteiger partial charge is 0.338 e. The number of rotatable bonds is 6. The molecule has 0 atom stereocenters. The average Bonchev–Trinajstić information content (AvgIpc) is 2.60. The summed E-state index contributed by atoms with van der Waals surface area (Å²) in [6, 6.07) is 13.0. The minimum absolute atomic E-state index is 0.115. The summed E-state index contributed by atoms with van der Waals surface area (Å²) in [4.78, 5) is 23.9. The van der Waals surface area contributed by atoms with Gasteiger partial charge in [-0.15, -0.1) is 0 Å². The summed E-state index contributed by atoms with van der Waals surface area (Å²) in [7, 11) is 1.35. The van der Waals surface area contributed by atoms with Crippen molar-refractivity contribution in [1.82, 2.24) is 0 Å². The van der Waals surface area contributed by atoms with Gasteiger partial charge >= 0.3 is 5.97 Å². The van der Waals surface area contributed by atoms with Gasteiger partial charge in [0, 0.05) is 11.4 Å². The molecule has 0 spiro atoms. The molecule has 2 aromatic rings. The number of carbonyl (C=O) groups excluding carboxylic acids is 2. The fraction of sp³-hybridized carbons (Fsp3) is 0.263. The molecule has 0 saturated heterocycles. The van der Waals surface area contributed by atoms with E-state index in [2.05, 4.69) is 10.6 Å². The predicted octanol–water partition coefficient (Wildman–Crippen LogP) is 3.39. The van der Waals surface area contributed by atoms with Gasteiger partial charge in [-0.05, 0) is 42.7 Å². The molecule has 5 heteroatoms. The van der Waals surface area contributed by atoms with Gasteiger partial charge in [0.25, 0.3) is 0 Å². The monoisotopic (exact) mass is 326 g/mol. The first-order valence-corrected chi connectivity index (χ1v) is 7.86. The summed E-state index contributed by atoms with van der Waals surface area (Å²) in [6.45, 7) is 3.98. The van der Waals surface area contributed by atoms with Gasteiger partial charge in [0.15, 0.2) is 0 Å². The number of ether oxygens (including phenoxy) is 1. The van der Waals surface area contributed by atoms with Gasteiger partial charge < -0.3 is 15.4 Å². The zero-order valence-corrected chi connectivity index (χ0v) is 14.2. The second-order valence-corrected chi connectivity index (χ2v) is 5.38. The molecule has 0 radical (unpaired) electrons. The molecule has 2 rings (SSSR count). The van der Waals surface area contributed by atoms with Gasteiger partial charge in [0.2, 0.25) is 5.91 Å². The first-order chi connectivity index (χ1) is 11.6. The molecular formula is C19H22N2O3. The first kappa shape index (κ1) is 17.5. The summed E-state index contributed by atoms with van der Waals surface area (Å²) in [5, 5.41) is 5.98. The third kappa shape index (κ3) is 4.13. The number of carbonyl (C=O) groups is 2. The molecule has 0 aliphatic rings. The van der Waals surface area contributed by atoms with Crippen molar-refractivity contribution in [2.75, 3.05) is 24.3 Å². The molecule has 0 bridgehead atoms. The van der Waals surface area contributed by atoms with Crippen LogP contribution >= 0.6 is 0 Å². The fourth-order valence-corrected chi connectivity index (χ4v) is 2.48. The van der Waals surface area contributed by atoms with Crippen LogP contribution in [-0.4, -0.2) is 25.5 Å². The maximum absolute atomic E-state index is 12.2. The Morgan fingerprint density at radius 1 is 1.04 bits per heavy atom. The highest BCUT2D eigenvalue weighted by Crippen LogP contribution is 2.20. The number of amides is 1. The summed E-state index contributed by atoms with van der Waals surface area (Å²) in [5.41, 5.74) is 3.89. The first-order valence-electron chi connectivity index (χ1n) is 7.86. The van der Waals surface area contributed by atoms with Crippen molar-refractivity contribution in [2.45, 2.75) is 20.3 Å². The van der Waals surface area contributed by atoms with Crippen LogP contribution in [0.3, 0.4) is 0 Å². The lowest BCUT2D eigenvalue weighted by Crippen LogP contribution is -2.23. The third-order valence-electron chi connectivity index (χ3n) is 3.85. The lowest BCUT2D eigenvalue weighted by atomic mass is 10.1. The maximum Gasteiger partial charge on any atom is 0.338 e. The Bertz CT molecular complexity index is 741. The van der Waals surface area contributed by atoms with Crippen LogP contribution in [0.25, 0.3) is 0 Å². The van der Waals surface area contributed by atoms with Crippen LogP contribution in [0.1, 0.15) is 28.4 Å². The van der Waals surface area contributed by atoms with Crippen LogP contribution in [0.5, 0.6) is 0 Å². The van der Waals surface area contributed by atoms with E-state index < -0.39 is 5.97 Å². The van der Waals surface area contributed by atoms with E-state index in [4.69, 9.17) is 4.74 Å². The molecule has 0 aliphatic heterocycles. The van der Waals surface area contributed by atoms with Gasteiger partial charge in [-0.2, -0.15) is 0 Å². The number of nitrogens with one attached hydrogen (secondary N) is 2. The quantitative estimate of drug-likeness (QED) is 0.799. The number of para-hydroxylation sites is 1. The Morgan fingerprint density at radius 2 is 1.75 bits per heavy atom. The van der Waals surface area contributed by atoms with Crippen molar-refractivity contribution in [3.05, 3.63) is 59.2 Å². The molecule has 5 nitrogen and oxygen atoms in total. The highest BCUT2D eigenvalue weighted by atomic mass is 16.5. The van der Waals surface area contributed by atoms with E-state index in [0.29, 0.717) is 5.56 Å². The Balaban J connectivity index is 2.03. The molecule has 0 unspecified atom stereocenters. The normalized spacial score (nSPS) is 10.1. The average molecular weight is 326 g/mol. The Labute approximate surface area is 142 Å². The second kappa shape index (κ2) is 8.15. The lowest BCUT2D eigenvalue weighted by Gasteiger charge is -2.13. The van der Waals surface area contributed by atoms with Gasteiger partial charge in [-0.25, -0.2) is 4.79 Å². The molecule has 24 heavy (non-hydrogen) atoms. The number of anilines is 2. The number of esters is 1. The molecule has 0 aromatic heterocycles. The number of benzene rings is 2. The molecule has 0 heterocycles. The molecule has 1 amide bonds. The highest BCUT2D eigenvalue weighted by molar-refractivity contribution is 5.95. The maximum atomic E-state index is 12.2. The van der Waals surface area contributed by atoms with Crippen LogP contribution in [0.2, 0.25) is 0 Å². The fourth-order valence-electron chi connectivity index (χ4n) is 2.48. The van der Waals surface area contributed by atoms with Gasteiger partial charge in [-0.1, -0.05) is 31.2 Å². The Morgan fingerprint density at radius 3 is 2.46 bits per heavy atom. The van der Waals surface area contributed by atoms with Crippen LogP contribution < -0.4 is 10.6 Å². The number of hydrogen-bond acceptors (Lipinski definition) is 4. The van der Waals surface area contributed by atoms with Crippen LogP contribution in [0.15, 0.2) is 42.5 Å². The molecule has 0 saturated carbocycles.